The molecular weight excluding hydrogens is 270 g/mol. The van der Waals surface area contributed by atoms with Crippen LogP contribution in [0.5, 0.6) is 0 Å². The Hall–Kier alpha value is -2.43. The van der Waals surface area contributed by atoms with Crippen molar-refractivity contribution in [2.45, 2.75) is 32.1 Å². The molecule has 0 bridgehead atoms. The number of aliphatic carboxylic acids is 1. The molecule has 1 N–H and O–H groups in total. The summed E-state index contributed by atoms with van der Waals surface area (Å²) in [7, 11) is 0. The first-order valence-corrected chi connectivity index (χ1v) is 6.95. The first-order chi connectivity index (χ1) is 10.1. The van der Waals surface area contributed by atoms with Gasteiger partial charge in [-0.2, -0.15) is 0 Å². The number of hydrogen-bond donors (Lipinski definition) is 1. The van der Waals surface area contributed by atoms with Crippen LogP contribution in [-0.2, 0) is 20.8 Å². The molecule has 3 rings (SSSR count). The molecule has 1 aromatic carbocycles. The summed E-state index contributed by atoms with van der Waals surface area (Å²) in [6.07, 6.45) is 5.57. The Morgan fingerprint density at radius 1 is 1.05 bits per heavy atom. The number of carbonyl (C=O) groups is 3. The fourth-order valence-corrected chi connectivity index (χ4v) is 2.05. The minimum absolute atomic E-state index is 0.120. The van der Waals surface area contributed by atoms with Gasteiger partial charge in [0.05, 0.1) is 0 Å². The van der Waals surface area contributed by atoms with Gasteiger partial charge in [-0.1, -0.05) is 36.8 Å². The zero-order valence-corrected chi connectivity index (χ0v) is 11.6. The van der Waals surface area contributed by atoms with Crippen LogP contribution in [-0.4, -0.2) is 27.8 Å². The summed E-state index contributed by atoms with van der Waals surface area (Å²) in [5.74, 6) is -0.977. The summed E-state index contributed by atoms with van der Waals surface area (Å²) in [6.45, 7) is 0. The first kappa shape index (κ1) is 15.0. The van der Waals surface area contributed by atoms with Crippen molar-refractivity contribution in [3.63, 3.8) is 0 Å². The van der Waals surface area contributed by atoms with Crippen molar-refractivity contribution in [1.29, 1.82) is 0 Å². The van der Waals surface area contributed by atoms with Gasteiger partial charge in [-0.05, 0) is 24.8 Å². The minimum atomic E-state index is -0.690. The van der Waals surface area contributed by atoms with E-state index >= 15 is 0 Å². The zero-order chi connectivity index (χ0) is 15.2. The summed E-state index contributed by atoms with van der Waals surface area (Å²) < 4.78 is 0. The molecule has 21 heavy (non-hydrogen) atoms. The Labute approximate surface area is 122 Å². The highest BCUT2D eigenvalue weighted by atomic mass is 16.4. The van der Waals surface area contributed by atoms with Crippen molar-refractivity contribution in [1.82, 2.24) is 4.90 Å². The number of amides is 2. The van der Waals surface area contributed by atoms with E-state index in [1.54, 1.807) is 0 Å². The number of nitrogens with zero attached hydrogens (tertiary/aromatic N) is 1. The molecule has 1 fully saturated rings. The van der Waals surface area contributed by atoms with E-state index in [0.717, 1.165) is 30.6 Å². The number of rotatable bonds is 6. The molecule has 5 nitrogen and oxygen atoms in total. The maximum atomic E-state index is 10.2. The number of benzene rings is 1. The topological polar surface area (TPSA) is 74.5 Å². The number of carbonyl (C=O) groups excluding carboxylic acids is 2. The van der Waals surface area contributed by atoms with Crippen LogP contribution in [0.25, 0.3) is 0 Å². The van der Waals surface area contributed by atoms with Crippen molar-refractivity contribution < 1.29 is 19.5 Å². The van der Waals surface area contributed by atoms with Gasteiger partial charge in [0.1, 0.15) is 5.70 Å². The van der Waals surface area contributed by atoms with Crippen LogP contribution in [0.4, 0.5) is 0 Å². The molecule has 5 heteroatoms. The molecule has 0 atom stereocenters. The number of hydrogen-bond acceptors (Lipinski definition) is 3. The minimum Gasteiger partial charge on any atom is -0.481 e. The Balaban J connectivity index is 0.000000189. The zero-order valence-electron chi connectivity index (χ0n) is 11.6. The molecule has 2 amide bonds. The number of carboxylic acids is 1. The number of fused-ring (bicyclic) bond motifs is 1. The summed E-state index contributed by atoms with van der Waals surface area (Å²) >= 11 is 0. The third-order valence-corrected chi connectivity index (χ3v) is 3.29. The summed E-state index contributed by atoms with van der Waals surface area (Å²) in [6, 6.07) is 10.3. The molecule has 2 aliphatic heterocycles. The second-order valence-corrected chi connectivity index (χ2v) is 4.95. The highest BCUT2D eigenvalue weighted by Gasteiger charge is 2.52. The predicted octanol–water partition coefficient (Wildman–Crippen LogP) is 2.13. The van der Waals surface area contributed by atoms with Crippen molar-refractivity contribution in [2.75, 3.05) is 0 Å². The number of unbranched alkanes of at least 4 members (excludes halogenated alkanes) is 2. The monoisotopic (exact) mass is 287 g/mol. The lowest BCUT2D eigenvalue weighted by Gasteiger charge is -1.99. The van der Waals surface area contributed by atoms with Gasteiger partial charge in [0.25, 0.3) is 11.8 Å². The average Bonchev–Trinajstić information content (AvgIpc) is 3.01. The average molecular weight is 287 g/mol. The molecule has 0 spiro atoms. The van der Waals surface area contributed by atoms with Gasteiger partial charge >= 0.3 is 5.97 Å². The van der Waals surface area contributed by atoms with Gasteiger partial charge in [-0.25, -0.2) is 4.90 Å². The molecule has 0 radical (unpaired) electrons. The maximum Gasteiger partial charge on any atom is 0.303 e. The highest BCUT2D eigenvalue weighted by Crippen LogP contribution is 2.33. The summed E-state index contributed by atoms with van der Waals surface area (Å²) in [5.41, 5.74) is 1.91. The van der Waals surface area contributed by atoms with Crippen molar-refractivity contribution in [3.05, 3.63) is 47.7 Å². The van der Waals surface area contributed by atoms with Gasteiger partial charge in [-0.15, -0.1) is 0 Å². The smallest absolute Gasteiger partial charge is 0.303 e. The van der Waals surface area contributed by atoms with Crippen molar-refractivity contribution >= 4 is 17.8 Å². The molecule has 0 aliphatic carbocycles. The second-order valence-electron chi connectivity index (χ2n) is 4.95. The fourth-order valence-electron chi connectivity index (χ4n) is 2.05. The third kappa shape index (κ3) is 4.27. The largest absolute Gasteiger partial charge is 0.481 e. The molecule has 2 heterocycles. The van der Waals surface area contributed by atoms with E-state index in [-0.39, 0.29) is 11.8 Å². The number of carboxylic acid groups (broad SMARTS) is 1. The molecule has 0 saturated carbocycles. The van der Waals surface area contributed by atoms with E-state index in [9.17, 15) is 14.4 Å². The summed E-state index contributed by atoms with van der Waals surface area (Å²) in [4.78, 5) is 31.6. The molecule has 1 aromatic rings. The lowest BCUT2D eigenvalue weighted by molar-refractivity contribution is -0.137. The van der Waals surface area contributed by atoms with E-state index in [1.807, 2.05) is 18.2 Å². The van der Waals surface area contributed by atoms with Crippen LogP contribution in [0.3, 0.4) is 0 Å². The fraction of sp³-hybridized carbons (Fsp3) is 0.312. The number of imide groups is 1. The van der Waals surface area contributed by atoms with Gasteiger partial charge in [0.2, 0.25) is 0 Å². The van der Waals surface area contributed by atoms with E-state index in [1.165, 1.54) is 11.6 Å². The van der Waals surface area contributed by atoms with Crippen molar-refractivity contribution in [3.8, 4) is 0 Å². The van der Waals surface area contributed by atoms with Crippen LogP contribution in [0.1, 0.15) is 31.2 Å². The quantitative estimate of drug-likeness (QED) is 0.494. The van der Waals surface area contributed by atoms with Crippen LogP contribution in [0.2, 0.25) is 0 Å². The van der Waals surface area contributed by atoms with Crippen molar-refractivity contribution in [2.24, 2.45) is 0 Å². The third-order valence-electron chi connectivity index (χ3n) is 3.29. The van der Waals surface area contributed by atoms with Crippen LogP contribution in [0, 0.1) is 0 Å². The molecule has 2 aliphatic rings. The Morgan fingerprint density at radius 3 is 2.19 bits per heavy atom. The lowest BCUT2D eigenvalue weighted by Crippen LogP contribution is -2.12. The Morgan fingerprint density at radius 2 is 1.76 bits per heavy atom. The van der Waals surface area contributed by atoms with Crippen LogP contribution >= 0.6 is 0 Å². The molecule has 110 valence electrons. The standard InChI is InChI=1S/C12H16O2.C4HNO2/c13-12(14)10-6-2-5-9-11-7-3-1-4-8-11;6-3-1-2-4(7)5(2)3/h1,3-4,7-8H,2,5-6,9-10H2,(H,13,14);1H. The van der Waals surface area contributed by atoms with E-state index in [4.69, 9.17) is 5.11 Å². The highest BCUT2D eigenvalue weighted by molar-refractivity contribution is 6.32. The van der Waals surface area contributed by atoms with E-state index in [0.29, 0.717) is 12.1 Å². The maximum absolute atomic E-state index is 10.2. The van der Waals surface area contributed by atoms with Crippen LogP contribution < -0.4 is 0 Å². The predicted molar refractivity (Wildman–Crippen MR) is 76.2 cm³/mol. The van der Waals surface area contributed by atoms with Gasteiger partial charge in [0.15, 0.2) is 0 Å². The van der Waals surface area contributed by atoms with E-state index < -0.39 is 5.97 Å². The molecular formula is C16H17NO4. The lowest BCUT2D eigenvalue weighted by atomic mass is 10.1. The molecule has 0 unspecified atom stereocenters. The SMILES string of the molecule is O=C(O)CCCCCc1ccccc1.O=C1C=C2C(=O)N12. The van der Waals surface area contributed by atoms with Gasteiger partial charge in [0, 0.05) is 12.5 Å². The Kier molecular flexibility index (Phi) is 4.87. The summed E-state index contributed by atoms with van der Waals surface area (Å²) in [5, 5.41) is 8.43. The molecule has 1 saturated heterocycles. The van der Waals surface area contributed by atoms with Gasteiger partial charge < -0.3 is 5.11 Å². The second kappa shape index (κ2) is 6.83. The van der Waals surface area contributed by atoms with Gasteiger partial charge in [-0.3, -0.25) is 14.4 Å². The Bertz CT molecular complexity index is 569. The van der Waals surface area contributed by atoms with E-state index in [2.05, 4.69) is 12.1 Å². The normalized spacial score (nSPS) is 14.5. The molecule has 0 aromatic heterocycles. The number of aryl methyl sites for hydroxylation is 1. The first-order valence-electron chi connectivity index (χ1n) is 6.95. The van der Waals surface area contributed by atoms with Crippen LogP contribution in [0.15, 0.2) is 42.1 Å².